The van der Waals surface area contributed by atoms with E-state index in [0.29, 0.717) is 6.61 Å². The van der Waals surface area contributed by atoms with E-state index in [-0.39, 0.29) is 17.8 Å². The standard InChI is InChI=1S/C14H20O3S/c1-3-6-13(14(16)17-4-2)18-12-8-5-7-11(9-12)10-15/h5,7-9,13,15H,3-4,6,10H2,1-2H3. The SMILES string of the molecule is CCCC(Sc1cccc(CO)c1)C(=O)OCC. The molecule has 0 saturated carbocycles. The van der Waals surface area contributed by atoms with Gasteiger partial charge < -0.3 is 9.84 Å². The lowest BCUT2D eigenvalue weighted by atomic mass is 10.2. The number of ether oxygens (including phenoxy) is 1. The maximum atomic E-state index is 11.8. The molecule has 0 aliphatic heterocycles. The lowest BCUT2D eigenvalue weighted by molar-refractivity contribution is -0.142. The van der Waals surface area contributed by atoms with E-state index in [2.05, 4.69) is 6.92 Å². The van der Waals surface area contributed by atoms with Crippen LogP contribution < -0.4 is 0 Å². The predicted octanol–water partition coefficient (Wildman–Crippen LogP) is 3.00. The predicted molar refractivity (Wildman–Crippen MR) is 73.6 cm³/mol. The fourth-order valence-corrected chi connectivity index (χ4v) is 2.83. The Morgan fingerprint density at radius 2 is 2.22 bits per heavy atom. The number of hydrogen-bond acceptors (Lipinski definition) is 4. The Kier molecular flexibility index (Phi) is 6.83. The summed E-state index contributed by atoms with van der Waals surface area (Å²) in [6.07, 6.45) is 1.74. The van der Waals surface area contributed by atoms with E-state index in [1.807, 2.05) is 31.2 Å². The van der Waals surface area contributed by atoms with Crippen LogP contribution in [0.4, 0.5) is 0 Å². The van der Waals surface area contributed by atoms with E-state index >= 15 is 0 Å². The first-order chi connectivity index (χ1) is 8.71. The van der Waals surface area contributed by atoms with Gasteiger partial charge in [0.25, 0.3) is 0 Å². The molecule has 1 atom stereocenters. The van der Waals surface area contributed by atoms with Gasteiger partial charge in [0.15, 0.2) is 0 Å². The molecule has 4 heteroatoms. The Labute approximate surface area is 113 Å². The minimum absolute atomic E-state index is 0.0201. The molecule has 1 N–H and O–H groups in total. The van der Waals surface area contributed by atoms with Gasteiger partial charge in [-0.2, -0.15) is 0 Å². The number of hydrogen-bond donors (Lipinski definition) is 1. The molecule has 0 heterocycles. The minimum atomic E-state index is -0.163. The van der Waals surface area contributed by atoms with E-state index in [1.54, 1.807) is 0 Å². The molecule has 0 bridgehead atoms. The maximum Gasteiger partial charge on any atom is 0.319 e. The van der Waals surface area contributed by atoms with Crippen LogP contribution in [0, 0.1) is 0 Å². The summed E-state index contributed by atoms with van der Waals surface area (Å²) in [5.74, 6) is -0.154. The van der Waals surface area contributed by atoms with Crippen LogP contribution in [0.5, 0.6) is 0 Å². The number of carbonyl (C=O) groups excluding carboxylic acids is 1. The number of esters is 1. The van der Waals surface area contributed by atoms with Gasteiger partial charge in [-0.05, 0) is 31.0 Å². The van der Waals surface area contributed by atoms with Gasteiger partial charge in [0.1, 0.15) is 5.25 Å². The normalized spacial score (nSPS) is 12.2. The highest BCUT2D eigenvalue weighted by atomic mass is 32.2. The van der Waals surface area contributed by atoms with E-state index in [0.717, 1.165) is 23.3 Å². The molecular formula is C14H20O3S. The molecule has 0 saturated heterocycles. The van der Waals surface area contributed by atoms with Gasteiger partial charge in [-0.1, -0.05) is 25.5 Å². The van der Waals surface area contributed by atoms with Crippen molar-refractivity contribution in [2.75, 3.05) is 6.61 Å². The van der Waals surface area contributed by atoms with Crippen LogP contribution in [-0.4, -0.2) is 22.9 Å². The van der Waals surface area contributed by atoms with E-state index < -0.39 is 0 Å². The Bertz CT molecular complexity index is 379. The highest BCUT2D eigenvalue weighted by molar-refractivity contribution is 8.00. The second-order valence-corrected chi connectivity index (χ2v) is 5.23. The Hall–Kier alpha value is -1.00. The third kappa shape index (κ3) is 4.70. The first-order valence-electron chi connectivity index (χ1n) is 6.24. The second kappa shape index (κ2) is 8.16. The zero-order valence-corrected chi connectivity index (χ0v) is 11.7. The maximum absolute atomic E-state index is 11.8. The Balaban J connectivity index is 2.72. The molecule has 1 rings (SSSR count). The number of benzene rings is 1. The number of aliphatic hydroxyl groups is 1. The summed E-state index contributed by atoms with van der Waals surface area (Å²) in [5.41, 5.74) is 0.860. The summed E-state index contributed by atoms with van der Waals surface area (Å²) >= 11 is 1.51. The van der Waals surface area contributed by atoms with Crippen molar-refractivity contribution in [3.05, 3.63) is 29.8 Å². The summed E-state index contributed by atoms with van der Waals surface area (Å²) in [6.45, 7) is 4.30. The second-order valence-electron chi connectivity index (χ2n) is 3.95. The van der Waals surface area contributed by atoms with Crippen LogP contribution >= 0.6 is 11.8 Å². The van der Waals surface area contributed by atoms with Crippen molar-refractivity contribution in [3.63, 3.8) is 0 Å². The van der Waals surface area contributed by atoms with Gasteiger partial charge >= 0.3 is 5.97 Å². The first-order valence-corrected chi connectivity index (χ1v) is 7.12. The fraction of sp³-hybridized carbons (Fsp3) is 0.500. The van der Waals surface area contributed by atoms with Crippen LogP contribution in [0.15, 0.2) is 29.2 Å². The topological polar surface area (TPSA) is 46.5 Å². The van der Waals surface area contributed by atoms with Crippen LogP contribution in [0.2, 0.25) is 0 Å². The third-order valence-electron chi connectivity index (χ3n) is 2.46. The van der Waals surface area contributed by atoms with Gasteiger partial charge in [0.2, 0.25) is 0 Å². The molecule has 1 aromatic carbocycles. The molecular weight excluding hydrogens is 248 g/mol. The molecule has 1 unspecified atom stereocenters. The van der Waals surface area contributed by atoms with Crippen molar-refractivity contribution in [3.8, 4) is 0 Å². The van der Waals surface area contributed by atoms with Crippen molar-refractivity contribution in [1.82, 2.24) is 0 Å². The van der Waals surface area contributed by atoms with Gasteiger partial charge in [-0.3, -0.25) is 4.79 Å². The highest BCUT2D eigenvalue weighted by Crippen LogP contribution is 2.28. The van der Waals surface area contributed by atoms with Crippen LogP contribution in [0.1, 0.15) is 32.3 Å². The van der Waals surface area contributed by atoms with Gasteiger partial charge in [-0.25, -0.2) is 0 Å². The molecule has 0 aromatic heterocycles. The van der Waals surface area contributed by atoms with Crippen molar-refractivity contribution in [2.24, 2.45) is 0 Å². The van der Waals surface area contributed by atoms with E-state index in [4.69, 9.17) is 9.84 Å². The monoisotopic (exact) mass is 268 g/mol. The summed E-state index contributed by atoms with van der Waals surface area (Å²) < 4.78 is 5.08. The quantitative estimate of drug-likeness (QED) is 0.610. The number of rotatable bonds is 7. The molecule has 0 radical (unpaired) electrons. The highest BCUT2D eigenvalue weighted by Gasteiger charge is 2.20. The largest absolute Gasteiger partial charge is 0.465 e. The van der Waals surface area contributed by atoms with Crippen molar-refractivity contribution >= 4 is 17.7 Å². The van der Waals surface area contributed by atoms with Crippen molar-refractivity contribution in [1.29, 1.82) is 0 Å². The summed E-state index contributed by atoms with van der Waals surface area (Å²) in [7, 11) is 0. The van der Waals surface area contributed by atoms with Crippen molar-refractivity contribution in [2.45, 2.75) is 43.4 Å². The van der Waals surface area contributed by atoms with E-state index in [1.165, 1.54) is 11.8 Å². The van der Waals surface area contributed by atoms with Gasteiger partial charge in [-0.15, -0.1) is 11.8 Å². The zero-order chi connectivity index (χ0) is 13.4. The molecule has 0 aliphatic rings. The van der Waals surface area contributed by atoms with Gasteiger partial charge in [0, 0.05) is 4.90 Å². The van der Waals surface area contributed by atoms with Gasteiger partial charge in [0.05, 0.1) is 13.2 Å². The van der Waals surface area contributed by atoms with Crippen LogP contribution in [0.3, 0.4) is 0 Å². The molecule has 0 amide bonds. The number of thioether (sulfide) groups is 1. The molecule has 100 valence electrons. The average molecular weight is 268 g/mol. The third-order valence-corrected chi connectivity index (χ3v) is 3.70. The Morgan fingerprint density at radius 1 is 1.44 bits per heavy atom. The molecule has 0 fully saturated rings. The lowest BCUT2D eigenvalue weighted by Crippen LogP contribution is -2.20. The molecule has 18 heavy (non-hydrogen) atoms. The summed E-state index contributed by atoms with van der Waals surface area (Å²) in [4.78, 5) is 12.8. The molecule has 1 aromatic rings. The molecule has 0 aliphatic carbocycles. The van der Waals surface area contributed by atoms with Crippen molar-refractivity contribution < 1.29 is 14.6 Å². The lowest BCUT2D eigenvalue weighted by Gasteiger charge is -2.14. The summed E-state index contributed by atoms with van der Waals surface area (Å²) in [6, 6.07) is 7.61. The smallest absolute Gasteiger partial charge is 0.319 e. The molecule has 0 spiro atoms. The fourth-order valence-electron chi connectivity index (χ4n) is 1.60. The van der Waals surface area contributed by atoms with Crippen LogP contribution in [-0.2, 0) is 16.1 Å². The number of aliphatic hydroxyl groups excluding tert-OH is 1. The summed E-state index contributed by atoms with van der Waals surface area (Å²) in [5, 5.41) is 8.93. The zero-order valence-electron chi connectivity index (χ0n) is 10.9. The first kappa shape index (κ1) is 15.1. The molecule has 3 nitrogen and oxygen atoms in total. The Morgan fingerprint density at radius 3 is 2.83 bits per heavy atom. The average Bonchev–Trinajstić information content (AvgIpc) is 2.39. The minimum Gasteiger partial charge on any atom is -0.465 e. The van der Waals surface area contributed by atoms with Crippen LogP contribution in [0.25, 0.3) is 0 Å². The van der Waals surface area contributed by atoms with E-state index in [9.17, 15) is 4.79 Å². The number of carbonyl (C=O) groups is 1.